The van der Waals surface area contributed by atoms with Crippen LogP contribution >= 0.6 is 11.6 Å². The molecule has 0 spiro atoms. The van der Waals surface area contributed by atoms with Crippen molar-refractivity contribution in [1.82, 2.24) is 5.32 Å². The fourth-order valence-corrected chi connectivity index (χ4v) is 1.50. The number of hydrogen-bond donors (Lipinski definition) is 2. The largest absolute Gasteiger partial charge is 0.480 e. The quantitative estimate of drug-likeness (QED) is 0.844. The second-order valence-corrected chi connectivity index (χ2v) is 4.11. The van der Waals surface area contributed by atoms with E-state index in [0.717, 1.165) is 5.56 Å². The number of nitrogens with one attached hydrogen (secondary N) is 1. The van der Waals surface area contributed by atoms with Gasteiger partial charge in [-0.25, -0.2) is 4.79 Å². The van der Waals surface area contributed by atoms with Crippen LogP contribution in [0.2, 0.25) is 5.02 Å². The highest BCUT2D eigenvalue weighted by Crippen LogP contribution is 2.09. The monoisotopic (exact) mass is 255 g/mol. The minimum absolute atomic E-state index is 0.154. The summed E-state index contributed by atoms with van der Waals surface area (Å²) < 4.78 is 0. The summed E-state index contributed by atoms with van der Waals surface area (Å²) in [6, 6.07) is 6.04. The van der Waals surface area contributed by atoms with Gasteiger partial charge in [0.1, 0.15) is 6.04 Å². The van der Waals surface area contributed by atoms with Crippen LogP contribution in [0.1, 0.15) is 18.9 Å². The van der Waals surface area contributed by atoms with E-state index in [-0.39, 0.29) is 12.3 Å². The number of carboxylic acids is 1. The van der Waals surface area contributed by atoms with Gasteiger partial charge in [-0.2, -0.15) is 0 Å². The van der Waals surface area contributed by atoms with E-state index >= 15 is 0 Å². The van der Waals surface area contributed by atoms with Gasteiger partial charge in [-0.1, -0.05) is 30.7 Å². The molecular weight excluding hydrogens is 242 g/mol. The molecule has 4 nitrogen and oxygen atoms in total. The summed E-state index contributed by atoms with van der Waals surface area (Å²) in [5.41, 5.74) is 0.798. The molecule has 0 saturated carbocycles. The molecule has 0 fully saturated rings. The molecule has 0 unspecified atom stereocenters. The van der Waals surface area contributed by atoms with E-state index in [9.17, 15) is 9.59 Å². The Labute approximate surface area is 105 Å². The summed E-state index contributed by atoms with van der Waals surface area (Å²) in [6.07, 6.45) is 0.517. The summed E-state index contributed by atoms with van der Waals surface area (Å²) in [7, 11) is 0. The van der Waals surface area contributed by atoms with Crippen LogP contribution in [0.4, 0.5) is 0 Å². The number of halogens is 1. The van der Waals surface area contributed by atoms with Crippen molar-refractivity contribution in [2.24, 2.45) is 0 Å². The molecule has 17 heavy (non-hydrogen) atoms. The standard InChI is InChI=1S/C12H14ClNO3/c1-2-10(12(16)17)14-11(15)7-8-3-5-9(13)6-4-8/h3-6,10H,2,7H2,1H3,(H,14,15)(H,16,17)/t10-/m0/s1. The van der Waals surface area contributed by atoms with Crippen LogP contribution in [0, 0.1) is 0 Å². The normalized spacial score (nSPS) is 11.9. The third-order valence-corrected chi connectivity index (χ3v) is 2.57. The van der Waals surface area contributed by atoms with Crippen LogP contribution in [0.25, 0.3) is 0 Å². The highest BCUT2D eigenvalue weighted by Gasteiger charge is 2.17. The molecule has 0 saturated heterocycles. The van der Waals surface area contributed by atoms with Crippen molar-refractivity contribution >= 4 is 23.5 Å². The molecule has 0 radical (unpaired) electrons. The lowest BCUT2D eigenvalue weighted by atomic mass is 10.1. The molecule has 1 aromatic rings. The number of rotatable bonds is 5. The van der Waals surface area contributed by atoms with Crippen LogP contribution in [-0.4, -0.2) is 23.0 Å². The van der Waals surface area contributed by atoms with E-state index in [2.05, 4.69) is 5.32 Å². The predicted molar refractivity (Wildman–Crippen MR) is 65.0 cm³/mol. The zero-order chi connectivity index (χ0) is 12.8. The van der Waals surface area contributed by atoms with E-state index in [1.165, 1.54) is 0 Å². The van der Waals surface area contributed by atoms with Crippen molar-refractivity contribution < 1.29 is 14.7 Å². The number of hydrogen-bond acceptors (Lipinski definition) is 2. The first-order valence-electron chi connectivity index (χ1n) is 5.29. The van der Waals surface area contributed by atoms with Gasteiger partial charge in [-0.05, 0) is 24.1 Å². The fraction of sp³-hybridized carbons (Fsp3) is 0.333. The first-order chi connectivity index (χ1) is 8.02. The maximum absolute atomic E-state index is 11.6. The van der Waals surface area contributed by atoms with Crippen LogP contribution < -0.4 is 5.32 Å². The Morgan fingerprint density at radius 3 is 2.41 bits per heavy atom. The Bertz CT molecular complexity index is 403. The lowest BCUT2D eigenvalue weighted by Gasteiger charge is -2.12. The van der Waals surface area contributed by atoms with Gasteiger partial charge in [0, 0.05) is 5.02 Å². The predicted octanol–water partition coefficient (Wildman–Crippen LogP) is 1.86. The molecule has 1 aromatic carbocycles. The van der Waals surface area contributed by atoms with Crippen LogP contribution in [0.3, 0.4) is 0 Å². The molecule has 2 N–H and O–H groups in total. The summed E-state index contributed by atoms with van der Waals surface area (Å²) in [4.78, 5) is 22.3. The van der Waals surface area contributed by atoms with E-state index in [1.54, 1.807) is 31.2 Å². The molecule has 0 aliphatic carbocycles. The van der Waals surface area contributed by atoms with Crippen molar-refractivity contribution in [3.63, 3.8) is 0 Å². The highest BCUT2D eigenvalue weighted by molar-refractivity contribution is 6.30. The molecule has 1 atom stereocenters. The molecule has 1 rings (SSSR count). The topological polar surface area (TPSA) is 66.4 Å². The maximum atomic E-state index is 11.6. The summed E-state index contributed by atoms with van der Waals surface area (Å²) in [5.74, 6) is -1.32. The van der Waals surface area contributed by atoms with Gasteiger partial charge in [-0.15, -0.1) is 0 Å². The minimum atomic E-state index is -1.02. The summed E-state index contributed by atoms with van der Waals surface area (Å²) in [6.45, 7) is 1.71. The second-order valence-electron chi connectivity index (χ2n) is 3.67. The number of carboxylic acid groups (broad SMARTS) is 1. The molecule has 0 aliphatic rings. The Morgan fingerprint density at radius 2 is 1.94 bits per heavy atom. The third-order valence-electron chi connectivity index (χ3n) is 2.32. The first kappa shape index (κ1) is 13.5. The first-order valence-corrected chi connectivity index (χ1v) is 5.67. The molecular formula is C12H14ClNO3. The van der Waals surface area contributed by atoms with Gasteiger partial charge in [0.05, 0.1) is 6.42 Å². The van der Waals surface area contributed by atoms with Crippen molar-refractivity contribution in [1.29, 1.82) is 0 Å². The molecule has 0 aliphatic heterocycles. The summed E-state index contributed by atoms with van der Waals surface area (Å²) in [5, 5.41) is 11.9. The lowest BCUT2D eigenvalue weighted by molar-refractivity contribution is -0.141. The average molecular weight is 256 g/mol. The van der Waals surface area contributed by atoms with E-state index in [0.29, 0.717) is 11.4 Å². The van der Waals surface area contributed by atoms with E-state index in [1.807, 2.05) is 0 Å². The lowest BCUT2D eigenvalue weighted by Crippen LogP contribution is -2.40. The van der Waals surface area contributed by atoms with E-state index in [4.69, 9.17) is 16.7 Å². The average Bonchev–Trinajstić information content (AvgIpc) is 2.28. The van der Waals surface area contributed by atoms with Gasteiger partial charge in [0.25, 0.3) is 0 Å². The van der Waals surface area contributed by atoms with Gasteiger partial charge in [0.15, 0.2) is 0 Å². The van der Waals surface area contributed by atoms with Gasteiger partial charge in [-0.3, -0.25) is 4.79 Å². The molecule has 0 heterocycles. The molecule has 1 amide bonds. The molecule has 0 aromatic heterocycles. The van der Waals surface area contributed by atoms with E-state index < -0.39 is 12.0 Å². The number of carbonyl (C=O) groups is 2. The van der Waals surface area contributed by atoms with Crippen LogP contribution in [0.15, 0.2) is 24.3 Å². The van der Waals surface area contributed by atoms with Crippen molar-refractivity contribution in [3.8, 4) is 0 Å². The Kier molecular flexibility index (Phi) is 4.97. The fourth-order valence-electron chi connectivity index (χ4n) is 1.37. The molecule has 5 heteroatoms. The molecule has 92 valence electrons. The Hall–Kier alpha value is -1.55. The maximum Gasteiger partial charge on any atom is 0.326 e. The van der Waals surface area contributed by atoms with Crippen LogP contribution in [0.5, 0.6) is 0 Å². The van der Waals surface area contributed by atoms with Crippen molar-refractivity contribution in [2.45, 2.75) is 25.8 Å². The highest BCUT2D eigenvalue weighted by atomic mass is 35.5. The SMILES string of the molecule is CC[C@H](NC(=O)Cc1ccc(Cl)cc1)C(=O)O. The van der Waals surface area contributed by atoms with Crippen molar-refractivity contribution in [3.05, 3.63) is 34.9 Å². The number of amides is 1. The Morgan fingerprint density at radius 1 is 1.35 bits per heavy atom. The number of carbonyl (C=O) groups excluding carboxylic acids is 1. The smallest absolute Gasteiger partial charge is 0.326 e. The number of aliphatic carboxylic acids is 1. The third kappa shape index (κ3) is 4.44. The van der Waals surface area contributed by atoms with Crippen molar-refractivity contribution in [2.75, 3.05) is 0 Å². The van der Waals surface area contributed by atoms with Gasteiger partial charge >= 0.3 is 5.97 Å². The second kappa shape index (κ2) is 6.25. The Balaban J connectivity index is 2.54. The molecule has 0 bridgehead atoms. The minimum Gasteiger partial charge on any atom is -0.480 e. The zero-order valence-corrected chi connectivity index (χ0v) is 10.2. The van der Waals surface area contributed by atoms with Gasteiger partial charge in [0.2, 0.25) is 5.91 Å². The summed E-state index contributed by atoms with van der Waals surface area (Å²) >= 11 is 5.72. The zero-order valence-electron chi connectivity index (χ0n) is 9.44. The number of benzene rings is 1. The van der Waals surface area contributed by atoms with Crippen LogP contribution in [-0.2, 0) is 16.0 Å². The van der Waals surface area contributed by atoms with Gasteiger partial charge < -0.3 is 10.4 Å².